The molecule has 0 amide bonds. The molecule has 0 N–H and O–H groups in total. The molecule has 0 aromatic rings. The fourth-order valence-corrected chi connectivity index (χ4v) is 2.76. The van der Waals surface area contributed by atoms with Gasteiger partial charge in [0.15, 0.2) is 0 Å². The number of hydrogen-bond donors (Lipinski definition) is 0. The second-order valence-corrected chi connectivity index (χ2v) is 5.52. The van der Waals surface area contributed by atoms with Crippen molar-refractivity contribution in [1.29, 1.82) is 0 Å². The Morgan fingerprint density at radius 3 is 2.31 bits per heavy atom. The quantitative estimate of drug-likeness (QED) is 0.536. The SMILES string of the molecule is CCCCCCC(C)C1CCC(F)(F)CC1. The first-order valence-corrected chi connectivity index (χ1v) is 6.93. The van der Waals surface area contributed by atoms with Gasteiger partial charge in [0.25, 0.3) is 0 Å². The predicted octanol–water partition coefficient (Wildman–Crippen LogP) is 5.42. The third-order valence-corrected chi connectivity index (χ3v) is 4.08. The van der Waals surface area contributed by atoms with Gasteiger partial charge in [-0.2, -0.15) is 0 Å². The molecule has 0 aromatic carbocycles. The summed E-state index contributed by atoms with van der Waals surface area (Å²) in [6.07, 6.45) is 8.12. The molecule has 16 heavy (non-hydrogen) atoms. The number of halogens is 2. The molecular weight excluding hydrogens is 206 g/mol. The minimum atomic E-state index is -2.36. The predicted molar refractivity (Wildman–Crippen MR) is 64.8 cm³/mol. The molecule has 1 rings (SSSR count). The third kappa shape index (κ3) is 4.80. The van der Waals surface area contributed by atoms with E-state index in [2.05, 4.69) is 13.8 Å². The van der Waals surface area contributed by atoms with Crippen molar-refractivity contribution < 1.29 is 8.78 Å². The molecule has 0 nitrogen and oxygen atoms in total. The van der Waals surface area contributed by atoms with E-state index >= 15 is 0 Å². The minimum absolute atomic E-state index is 0.122. The summed E-state index contributed by atoms with van der Waals surface area (Å²) in [6, 6.07) is 0. The van der Waals surface area contributed by atoms with Crippen LogP contribution in [0.5, 0.6) is 0 Å². The van der Waals surface area contributed by atoms with Gasteiger partial charge in [-0.15, -0.1) is 0 Å². The van der Waals surface area contributed by atoms with Crippen LogP contribution in [0.25, 0.3) is 0 Å². The molecule has 96 valence electrons. The number of unbranched alkanes of at least 4 members (excludes halogenated alkanes) is 3. The second-order valence-electron chi connectivity index (χ2n) is 5.52. The van der Waals surface area contributed by atoms with Crippen molar-refractivity contribution in [1.82, 2.24) is 0 Å². The van der Waals surface area contributed by atoms with Crippen molar-refractivity contribution in [2.75, 3.05) is 0 Å². The smallest absolute Gasteiger partial charge is 0.207 e. The summed E-state index contributed by atoms with van der Waals surface area (Å²) >= 11 is 0. The van der Waals surface area contributed by atoms with E-state index in [4.69, 9.17) is 0 Å². The topological polar surface area (TPSA) is 0 Å². The van der Waals surface area contributed by atoms with E-state index in [-0.39, 0.29) is 12.8 Å². The van der Waals surface area contributed by atoms with Gasteiger partial charge in [0, 0.05) is 12.8 Å². The zero-order valence-electron chi connectivity index (χ0n) is 10.8. The molecule has 0 spiro atoms. The normalized spacial score (nSPS) is 23.2. The zero-order valence-corrected chi connectivity index (χ0v) is 10.8. The van der Waals surface area contributed by atoms with Gasteiger partial charge >= 0.3 is 0 Å². The molecule has 1 atom stereocenters. The van der Waals surface area contributed by atoms with Crippen molar-refractivity contribution in [3.63, 3.8) is 0 Å². The Bertz CT molecular complexity index is 179. The molecule has 0 aliphatic heterocycles. The van der Waals surface area contributed by atoms with E-state index < -0.39 is 5.92 Å². The number of hydrogen-bond acceptors (Lipinski definition) is 0. The fourth-order valence-electron chi connectivity index (χ4n) is 2.76. The van der Waals surface area contributed by atoms with Gasteiger partial charge in [0.2, 0.25) is 5.92 Å². The standard InChI is InChI=1S/C14H26F2/c1-3-4-5-6-7-12(2)13-8-10-14(15,16)11-9-13/h12-13H,3-11H2,1-2H3. The van der Waals surface area contributed by atoms with Gasteiger partial charge in [-0.1, -0.05) is 46.0 Å². The summed E-state index contributed by atoms with van der Waals surface area (Å²) in [5.74, 6) is -1.16. The van der Waals surface area contributed by atoms with Crippen LogP contribution >= 0.6 is 0 Å². The van der Waals surface area contributed by atoms with E-state index in [1.54, 1.807) is 0 Å². The molecule has 0 heterocycles. The van der Waals surface area contributed by atoms with Crippen LogP contribution in [0.3, 0.4) is 0 Å². The maximum atomic E-state index is 13.0. The number of rotatable bonds is 6. The van der Waals surface area contributed by atoms with Crippen LogP contribution in [-0.2, 0) is 0 Å². The van der Waals surface area contributed by atoms with Crippen LogP contribution in [0.4, 0.5) is 8.78 Å². The molecule has 1 aliphatic rings. The Morgan fingerprint density at radius 1 is 1.12 bits per heavy atom. The summed E-state index contributed by atoms with van der Waals surface area (Å²) in [5.41, 5.74) is 0. The van der Waals surface area contributed by atoms with Crippen LogP contribution in [0.15, 0.2) is 0 Å². The van der Waals surface area contributed by atoms with Crippen LogP contribution in [0.2, 0.25) is 0 Å². The first kappa shape index (κ1) is 13.9. The van der Waals surface area contributed by atoms with Crippen molar-refractivity contribution >= 4 is 0 Å². The van der Waals surface area contributed by atoms with E-state index in [0.29, 0.717) is 11.8 Å². The summed E-state index contributed by atoms with van der Waals surface area (Å²) < 4.78 is 26.0. The van der Waals surface area contributed by atoms with Gasteiger partial charge in [0.05, 0.1) is 0 Å². The summed E-state index contributed by atoms with van der Waals surface area (Å²) in [6.45, 7) is 4.47. The Labute approximate surface area is 98.8 Å². The fraction of sp³-hybridized carbons (Fsp3) is 1.00. The molecular formula is C14H26F2. The molecule has 0 radical (unpaired) electrons. The Hall–Kier alpha value is -0.140. The Balaban J connectivity index is 2.15. The average Bonchev–Trinajstić information content (AvgIpc) is 2.24. The molecule has 0 aromatic heterocycles. The lowest BCUT2D eigenvalue weighted by atomic mass is 9.77. The second kappa shape index (κ2) is 6.56. The first-order chi connectivity index (χ1) is 7.55. The van der Waals surface area contributed by atoms with Crippen molar-refractivity contribution in [2.24, 2.45) is 11.8 Å². The van der Waals surface area contributed by atoms with Crippen molar-refractivity contribution in [2.45, 2.75) is 77.6 Å². The summed E-state index contributed by atoms with van der Waals surface area (Å²) in [4.78, 5) is 0. The molecule has 2 heteroatoms. The van der Waals surface area contributed by atoms with Crippen LogP contribution in [0.1, 0.15) is 71.6 Å². The summed E-state index contributed by atoms with van der Waals surface area (Å²) in [7, 11) is 0. The van der Waals surface area contributed by atoms with E-state index in [1.165, 1.54) is 32.1 Å². The molecule has 1 fully saturated rings. The highest BCUT2D eigenvalue weighted by Crippen LogP contribution is 2.40. The molecule has 0 bridgehead atoms. The van der Waals surface area contributed by atoms with Gasteiger partial charge in [-0.25, -0.2) is 8.78 Å². The maximum Gasteiger partial charge on any atom is 0.248 e. The molecule has 0 saturated heterocycles. The largest absolute Gasteiger partial charge is 0.248 e. The van der Waals surface area contributed by atoms with E-state index in [0.717, 1.165) is 12.8 Å². The van der Waals surface area contributed by atoms with Crippen molar-refractivity contribution in [3.8, 4) is 0 Å². The lowest BCUT2D eigenvalue weighted by Crippen LogP contribution is -2.27. The Morgan fingerprint density at radius 2 is 1.75 bits per heavy atom. The monoisotopic (exact) mass is 232 g/mol. The summed E-state index contributed by atoms with van der Waals surface area (Å²) in [5, 5.41) is 0. The number of alkyl halides is 2. The zero-order chi connectivity index (χ0) is 12.0. The van der Waals surface area contributed by atoms with Gasteiger partial charge in [-0.3, -0.25) is 0 Å². The first-order valence-electron chi connectivity index (χ1n) is 6.93. The van der Waals surface area contributed by atoms with Gasteiger partial charge < -0.3 is 0 Å². The highest BCUT2D eigenvalue weighted by atomic mass is 19.3. The molecule has 1 unspecified atom stereocenters. The molecule has 1 aliphatic carbocycles. The third-order valence-electron chi connectivity index (χ3n) is 4.08. The van der Waals surface area contributed by atoms with E-state index in [1.807, 2.05) is 0 Å². The molecule has 1 saturated carbocycles. The average molecular weight is 232 g/mol. The van der Waals surface area contributed by atoms with Gasteiger partial charge in [0.1, 0.15) is 0 Å². The van der Waals surface area contributed by atoms with Crippen molar-refractivity contribution in [3.05, 3.63) is 0 Å². The van der Waals surface area contributed by atoms with Crippen LogP contribution in [0, 0.1) is 11.8 Å². The Kier molecular flexibility index (Phi) is 5.71. The van der Waals surface area contributed by atoms with Gasteiger partial charge in [-0.05, 0) is 24.7 Å². The highest BCUT2D eigenvalue weighted by Gasteiger charge is 2.36. The lowest BCUT2D eigenvalue weighted by molar-refractivity contribution is -0.0518. The lowest BCUT2D eigenvalue weighted by Gasteiger charge is -2.32. The maximum absolute atomic E-state index is 13.0. The van der Waals surface area contributed by atoms with Crippen LogP contribution in [-0.4, -0.2) is 5.92 Å². The minimum Gasteiger partial charge on any atom is -0.207 e. The highest BCUT2D eigenvalue weighted by molar-refractivity contribution is 4.80. The van der Waals surface area contributed by atoms with E-state index in [9.17, 15) is 8.78 Å². The van der Waals surface area contributed by atoms with Crippen LogP contribution < -0.4 is 0 Å².